The van der Waals surface area contributed by atoms with Crippen molar-refractivity contribution in [2.75, 3.05) is 13.1 Å². The van der Waals surface area contributed by atoms with Gasteiger partial charge in [-0.15, -0.1) is 0 Å². The molecule has 2 amide bonds. The number of primary amides is 1. The molecule has 1 aromatic heterocycles. The van der Waals surface area contributed by atoms with E-state index in [-0.39, 0.29) is 24.4 Å². The van der Waals surface area contributed by atoms with Crippen LogP contribution in [0, 0.1) is 5.92 Å². The van der Waals surface area contributed by atoms with Crippen molar-refractivity contribution < 1.29 is 9.59 Å². The average Bonchev–Trinajstić information content (AvgIpc) is 3.14. The molecule has 3 rings (SSSR count). The summed E-state index contributed by atoms with van der Waals surface area (Å²) in [6.07, 6.45) is 5.25. The molecule has 138 valence electrons. The van der Waals surface area contributed by atoms with Gasteiger partial charge in [0.15, 0.2) is 5.69 Å². The quantitative estimate of drug-likeness (QED) is 0.804. The van der Waals surface area contributed by atoms with Crippen molar-refractivity contribution in [3.63, 3.8) is 0 Å². The molecule has 7 nitrogen and oxygen atoms in total. The van der Waals surface area contributed by atoms with E-state index in [9.17, 15) is 9.59 Å². The maximum Gasteiger partial charge on any atom is 0.272 e. The third kappa shape index (κ3) is 4.21. The summed E-state index contributed by atoms with van der Waals surface area (Å²) in [5.74, 6) is 0.0416. The first-order valence-electron chi connectivity index (χ1n) is 9.34. The number of nitrogens with two attached hydrogens (primary N) is 1. The summed E-state index contributed by atoms with van der Waals surface area (Å²) < 4.78 is 1.99. The molecule has 2 aliphatic rings. The summed E-state index contributed by atoms with van der Waals surface area (Å²) in [4.78, 5) is 26.1. The Balaban J connectivity index is 1.84. The molecule has 0 unspecified atom stereocenters. The van der Waals surface area contributed by atoms with Crippen LogP contribution in [0.3, 0.4) is 0 Å². The zero-order chi connectivity index (χ0) is 18.0. The van der Waals surface area contributed by atoms with Gasteiger partial charge in [0.2, 0.25) is 5.91 Å². The first-order valence-corrected chi connectivity index (χ1v) is 9.34. The molecule has 1 aromatic rings. The van der Waals surface area contributed by atoms with Crippen molar-refractivity contribution in [1.82, 2.24) is 20.0 Å². The normalized spacial score (nSPS) is 18.5. The van der Waals surface area contributed by atoms with Gasteiger partial charge >= 0.3 is 0 Å². The molecule has 0 radical (unpaired) electrons. The second-order valence-corrected chi connectivity index (χ2v) is 7.73. The van der Waals surface area contributed by atoms with Gasteiger partial charge in [0, 0.05) is 43.4 Å². The molecule has 0 spiro atoms. The molecule has 25 heavy (non-hydrogen) atoms. The first-order chi connectivity index (χ1) is 11.9. The van der Waals surface area contributed by atoms with Crippen molar-refractivity contribution in [1.29, 1.82) is 0 Å². The molecule has 0 aromatic carbocycles. The Morgan fingerprint density at radius 1 is 1.32 bits per heavy atom. The number of carbonyl (C=O) groups is 2. The highest BCUT2D eigenvalue weighted by atomic mass is 16.2. The Bertz CT molecular complexity index is 646. The minimum Gasteiger partial charge on any atom is -0.369 e. The monoisotopic (exact) mass is 347 g/mol. The fraction of sp³-hybridized carbons (Fsp3) is 0.722. The van der Waals surface area contributed by atoms with Crippen LogP contribution < -0.4 is 11.1 Å². The topological polar surface area (TPSA) is 93.2 Å². The summed E-state index contributed by atoms with van der Waals surface area (Å²) in [5.41, 5.74) is 7.96. The van der Waals surface area contributed by atoms with Crippen LogP contribution in [-0.4, -0.2) is 45.6 Å². The van der Waals surface area contributed by atoms with Gasteiger partial charge in [-0.2, -0.15) is 5.10 Å². The van der Waals surface area contributed by atoms with Crippen LogP contribution in [0.5, 0.6) is 0 Å². The minimum atomic E-state index is -0.338. The van der Waals surface area contributed by atoms with Crippen molar-refractivity contribution in [3.8, 4) is 0 Å². The number of hydrogen-bond acceptors (Lipinski definition) is 4. The summed E-state index contributed by atoms with van der Waals surface area (Å²) in [5, 5.41) is 7.79. The van der Waals surface area contributed by atoms with Crippen LogP contribution in [-0.2, 0) is 24.3 Å². The Hall–Kier alpha value is -1.89. The van der Waals surface area contributed by atoms with E-state index < -0.39 is 0 Å². The molecule has 1 aliphatic heterocycles. The molecule has 1 aliphatic carbocycles. The lowest BCUT2D eigenvalue weighted by atomic mass is 10.0. The molecule has 2 heterocycles. The summed E-state index contributed by atoms with van der Waals surface area (Å²) in [6, 6.07) is 0.267. The Morgan fingerprint density at radius 3 is 2.68 bits per heavy atom. The highest BCUT2D eigenvalue weighted by Crippen LogP contribution is 2.24. The Morgan fingerprint density at radius 2 is 2.04 bits per heavy atom. The van der Waals surface area contributed by atoms with Crippen LogP contribution in [0.15, 0.2) is 0 Å². The van der Waals surface area contributed by atoms with Crippen molar-refractivity contribution >= 4 is 11.8 Å². The molecule has 0 atom stereocenters. The maximum absolute atomic E-state index is 12.8. The lowest BCUT2D eigenvalue weighted by Gasteiger charge is -2.26. The summed E-state index contributed by atoms with van der Waals surface area (Å²) in [6.45, 7) is 6.64. The minimum absolute atomic E-state index is 0.0772. The van der Waals surface area contributed by atoms with Crippen LogP contribution >= 0.6 is 0 Å². The summed E-state index contributed by atoms with van der Waals surface area (Å²) in [7, 11) is 0. The third-order valence-corrected chi connectivity index (χ3v) is 5.04. The number of nitrogens with zero attached hydrogens (tertiary/aromatic N) is 3. The Labute approximate surface area is 148 Å². The van der Waals surface area contributed by atoms with E-state index >= 15 is 0 Å². The molecule has 3 N–H and O–H groups in total. The lowest BCUT2D eigenvalue weighted by molar-refractivity contribution is -0.119. The van der Waals surface area contributed by atoms with Crippen LogP contribution in [0.4, 0.5) is 0 Å². The largest absolute Gasteiger partial charge is 0.369 e. The van der Waals surface area contributed by atoms with Gasteiger partial charge in [-0.25, -0.2) is 0 Å². The van der Waals surface area contributed by atoms with Crippen molar-refractivity contribution in [2.24, 2.45) is 11.7 Å². The number of nitrogens with one attached hydrogen (secondary N) is 1. The molecule has 1 fully saturated rings. The van der Waals surface area contributed by atoms with Gasteiger partial charge in [-0.1, -0.05) is 26.7 Å². The number of fused-ring (bicyclic) bond motifs is 1. The van der Waals surface area contributed by atoms with Gasteiger partial charge in [0.25, 0.3) is 5.91 Å². The molecular weight excluding hydrogens is 318 g/mol. The molecule has 7 heteroatoms. The maximum atomic E-state index is 12.8. The number of amides is 2. The summed E-state index contributed by atoms with van der Waals surface area (Å²) >= 11 is 0. The molecule has 0 bridgehead atoms. The van der Waals surface area contributed by atoms with E-state index in [1.54, 1.807) is 0 Å². The van der Waals surface area contributed by atoms with Crippen molar-refractivity contribution in [3.05, 3.63) is 17.0 Å². The van der Waals surface area contributed by atoms with E-state index in [0.29, 0.717) is 18.2 Å². The van der Waals surface area contributed by atoms with Crippen molar-refractivity contribution in [2.45, 2.75) is 65.1 Å². The third-order valence-electron chi connectivity index (χ3n) is 5.04. The number of carbonyl (C=O) groups excluding carboxylic acids is 2. The van der Waals surface area contributed by atoms with Gasteiger partial charge in [0.05, 0.1) is 6.54 Å². The smallest absolute Gasteiger partial charge is 0.272 e. The van der Waals surface area contributed by atoms with E-state index in [1.807, 2.05) is 9.58 Å². The fourth-order valence-electron chi connectivity index (χ4n) is 3.91. The van der Waals surface area contributed by atoms with Crippen LogP contribution in [0.1, 0.15) is 61.3 Å². The number of aromatic nitrogens is 2. The zero-order valence-corrected chi connectivity index (χ0v) is 15.3. The van der Waals surface area contributed by atoms with Gasteiger partial charge in [-0.05, 0) is 18.8 Å². The molecule has 0 saturated heterocycles. The number of rotatable bonds is 6. The Kier molecular flexibility index (Phi) is 5.42. The lowest BCUT2D eigenvalue weighted by Crippen LogP contribution is -2.39. The van der Waals surface area contributed by atoms with E-state index in [4.69, 9.17) is 5.73 Å². The van der Waals surface area contributed by atoms with Gasteiger partial charge in [-0.3, -0.25) is 19.2 Å². The predicted octanol–water partition coefficient (Wildman–Crippen LogP) is 1.05. The molecule has 1 saturated carbocycles. The first kappa shape index (κ1) is 17.9. The SMILES string of the molecule is CC(C)Cn1nc(C(=O)NC2CCCC2)c2c1CCN(CC(N)=O)C2. The zero-order valence-electron chi connectivity index (χ0n) is 15.3. The highest BCUT2D eigenvalue weighted by molar-refractivity contribution is 5.94. The van der Waals surface area contributed by atoms with Crippen LogP contribution in [0.2, 0.25) is 0 Å². The number of hydrogen-bond donors (Lipinski definition) is 2. The van der Waals surface area contributed by atoms with E-state index in [1.165, 1.54) is 12.8 Å². The fourth-order valence-corrected chi connectivity index (χ4v) is 3.91. The van der Waals surface area contributed by atoms with E-state index in [0.717, 1.165) is 43.6 Å². The standard InChI is InChI=1S/C18H29N5O2/c1-12(2)9-23-15-7-8-22(11-16(19)24)10-14(15)17(21-23)18(25)20-13-5-3-4-6-13/h12-13H,3-11H2,1-2H3,(H2,19,24)(H,20,25). The predicted molar refractivity (Wildman–Crippen MR) is 95.0 cm³/mol. The highest BCUT2D eigenvalue weighted by Gasteiger charge is 2.30. The van der Waals surface area contributed by atoms with Gasteiger partial charge in [0.1, 0.15) is 0 Å². The van der Waals surface area contributed by atoms with E-state index in [2.05, 4.69) is 24.3 Å². The van der Waals surface area contributed by atoms with Gasteiger partial charge < -0.3 is 11.1 Å². The molecular formula is C18H29N5O2. The second-order valence-electron chi connectivity index (χ2n) is 7.73. The average molecular weight is 347 g/mol. The van der Waals surface area contributed by atoms with Crippen LogP contribution in [0.25, 0.3) is 0 Å². The second kappa shape index (κ2) is 7.56.